The number of aliphatic hydroxyl groups excluding tert-OH is 1. The van der Waals surface area contributed by atoms with Crippen LogP contribution < -0.4 is 10.6 Å². The Labute approximate surface area is 123 Å². The van der Waals surface area contributed by atoms with Gasteiger partial charge in [0.15, 0.2) is 0 Å². The van der Waals surface area contributed by atoms with E-state index in [0.717, 1.165) is 6.07 Å². The fraction of sp³-hybridized carbons (Fsp3) is 0.533. The highest BCUT2D eigenvalue weighted by Gasteiger charge is 2.15. The van der Waals surface area contributed by atoms with Gasteiger partial charge in [-0.05, 0) is 30.4 Å². The van der Waals surface area contributed by atoms with Gasteiger partial charge in [-0.3, -0.25) is 0 Å². The summed E-state index contributed by atoms with van der Waals surface area (Å²) in [5.74, 6) is -1.03. The average Bonchev–Trinajstić information content (AvgIpc) is 2.40. The molecule has 0 spiro atoms. The Hall–Kier alpha value is -1.69. The van der Waals surface area contributed by atoms with Crippen molar-refractivity contribution in [1.29, 1.82) is 0 Å². The van der Waals surface area contributed by atoms with E-state index in [-0.39, 0.29) is 37.6 Å². The first kappa shape index (κ1) is 17.4. The van der Waals surface area contributed by atoms with Crippen molar-refractivity contribution in [3.05, 3.63) is 35.4 Å². The monoisotopic (exact) mass is 300 g/mol. The van der Waals surface area contributed by atoms with Crippen LogP contribution in [0.5, 0.6) is 0 Å². The Morgan fingerprint density at radius 3 is 2.62 bits per heavy atom. The molecule has 2 amide bonds. The van der Waals surface area contributed by atoms with E-state index in [1.54, 1.807) is 0 Å². The molecule has 0 heterocycles. The van der Waals surface area contributed by atoms with E-state index in [1.165, 1.54) is 12.1 Å². The zero-order valence-corrected chi connectivity index (χ0v) is 12.3. The predicted octanol–water partition coefficient (Wildman–Crippen LogP) is 2.21. The van der Waals surface area contributed by atoms with Gasteiger partial charge in [0.05, 0.1) is 0 Å². The van der Waals surface area contributed by atoms with Crippen molar-refractivity contribution in [3.8, 4) is 0 Å². The molecule has 0 radical (unpaired) electrons. The molecule has 0 aliphatic rings. The van der Waals surface area contributed by atoms with Gasteiger partial charge in [0.2, 0.25) is 0 Å². The van der Waals surface area contributed by atoms with Crippen LogP contribution in [-0.4, -0.2) is 30.3 Å². The van der Waals surface area contributed by atoms with Crippen molar-refractivity contribution in [1.82, 2.24) is 10.6 Å². The third-order valence-corrected chi connectivity index (χ3v) is 3.26. The number of hydrogen-bond acceptors (Lipinski definition) is 2. The number of amides is 2. The molecule has 0 saturated heterocycles. The van der Waals surface area contributed by atoms with Crippen LogP contribution in [-0.2, 0) is 6.42 Å². The van der Waals surface area contributed by atoms with Gasteiger partial charge in [-0.2, -0.15) is 0 Å². The van der Waals surface area contributed by atoms with Gasteiger partial charge < -0.3 is 15.7 Å². The van der Waals surface area contributed by atoms with Gasteiger partial charge in [-0.15, -0.1) is 0 Å². The minimum Gasteiger partial charge on any atom is -0.396 e. The molecule has 6 heteroatoms. The second-order valence-corrected chi connectivity index (χ2v) is 5.25. The largest absolute Gasteiger partial charge is 0.396 e. The highest BCUT2D eigenvalue weighted by Crippen LogP contribution is 2.09. The minimum absolute atomic E-state index is 0.00389. The molecule has 1 rings (SSSR count). The number of carbonyl (C=O) groups is 1. The highest BCUT2D eigenvalue weighted by atomic mass is 19.1. The van der Waals surface area contributed by atoms with Crippen LogP contribution in [0, 0.1) is 17.6 Å². The first-order chi connectivity index (χ1) is 9.93. The lowest BCUT2D eigenvalue weighted by molar-refractivity contribution is 0.219. The van der Waals surface area contributed by atoms with Gasteiger partial charge in [0.1, 0.15) is 11.6 Å². The maximum absolute atomic E-state index is 13.4. The summed E-state index contributed by atoms with van der Waals surface area (Å²) in [6, 6.07) is 2.91. The van der Waals surface area contributed by atoms with E-state index in [9.17, 15) is 13.6 Å². The SMILES string of the molecule is CC(C)C(CCO)NC(=O)NCCc1ccc(F)cc1F. The standard InChI is InChI=1S/C15H22F2N2O2/c1-10(2)14(6-8-20)19-15(21)18-7-5-11-3-4-12(16)9-13(11)17/h3-4,9-10,14,20H,5-8H2,1-2H3,(H2,18,19,21). The lowest BCUT2D eigenvalue weighted by Gasteiger charge is -2.21. The summed E-state index contributed by atoms with van der Waals surface area (Å²) in [4.78, 5) is 11.7. The van der Waals surface area contributed by atoms with E-state index < -0.39 is 11.6 Å². The molecule has 0 bridgehead atoms. The summed E-state index contributed by atoms with van der Waals surface area (Å²) >= 11 is 0. The number of nitrogens with one attached hydrogen (secondary N) is 2. The fourth-order valence-corrected chi connectivity index (χ4v) is 1.97. The maximum atomic E-state index is 13.4. The van der Waals surface area contributed by atoms with Gasteiger partial charge in [0.25, 0.3) is 0 Å². The van der Waals surface area contributed by atoms with E-state index in [1.807, 2.05) is 13.8 Å². The Morgan fingerprint density at radius 1 is 1.33 bits per heavy atom. The average molecular weight is 300 g/mol. The normalized spacial score (nSPS) is 12.3. The van der Waals surface area contributed by atoms with Crippen molar-refractivity contribution >= 4 is 6.03 Å². The Balaban J connectivity index is 2.39. The Kier molecular flexibility index (Phi) is 7.08. The van der Waals surface area contributed by atoms with Crippen molar-refractivity contribution in [2.45, 2.75) is 32.7 Å². The summed E-state index contributed by atoms with van der Waals surface area (Å²) in [7, 11) is 0. The van der Waals surface area contributed by atoms with E-state index >= 15 is 0 Å². The number of hydrogen-bond donors (Lipinski definition) is 3. The summed E-state index contributed by atoms with van der Waals surface area (Å²) < 4.78 is 26.1. The number of carbonyl (C=O) groups excluding carboxylic acids is 1. The molecular weight excluding hydrogens is 278 g/mol. The number of halogens is 2. The molecule has 118 valence electrons. The molecule has 1 unspecified atom stereocenters. The third-order valence-electron chi connectivity index (χ3n) is 3.26. The number of rotatable bonds is 7. The molecule has 0 aliphatic carbocycles. The number of aliphatic hydroxyl groups is 1. The van der Waals surface area contributed by atoms with Gasteiger partial charge in [-0.1, -0.05) is 19.9 Å². The first-order valence-corrected chi connectivity index (χ1v) is 7.03. The molecule has 0 fully saturated rings. The predicted molar refractivity (Wildman–Crippen MR) is 76.9 cm³/mol. The third kappa shape index (κ3) is 6.08. The second-order valence-electron chi connectivity index (χ2n) is 5.25. The molecule has 4 nitrogen and oxygen atoms in total. The van der Waals surface area contributed by atoms with Gasteiger partial charge >= 0.3 is 6.03 Å². The maximum Gasteiger partial charge on any atom is 0.315 e. The van der Waals surface area contributed by atoms with E-state index in [0.29, 0.717) is 12.0 Å². The van der Waals surface area contributed by atoms with E-state index in [2.05, 4.69) is 10.6 Å². The summed E-state index contributed by atoms with van der Waals surface area (Å²) in [5.41, 5.74) is 0.354. The molecular formula is C15H22F2N2O2. The van der Waals surface area contributed by atoms with E-state index in [4.69, 9.17) is 5.11 Å². The second kappa shape index (κ2) is 8.56. The first-order valence-electron chi connectivity index (χ1n) is 7.03. The lowest BCUT2D eigenvalue weighted by atomic mass is 10.0. The van der Waals surface area contributed by atoms with Crippen molar-refractivity contribution in [2.24, 2.45) is 5.92 Å². The van der Waals surface area contributed by atoms with Crippen molar-refractivity contribution in [2.75, 3.05) is 13.2 Å². The summed E-state index contributed by atoms with van der Waals surface area (Å²) in [6.07, 6.45) is 0.767. The van der Waals surface area contributed by atoms with Crippen LogP contribution in [0.3, 0.4) is 0 Å². The van der Waals surface area contributed by atoms with Crippen LogP contribution in [0.1, 0.15) is 25.8 Å². The number of urea groups is 1. The summed E-state index contributed by atoms with van der Waals surface area (Å²) in [5, 5.41) is 14.3. The van der Waals surface area contributed by atoms with Crippen LogP contribution in [0.15, 0.2) is 18.2 Å². The molecule has 1 atom stereocenters. The molecule has 1 aromatic rings. The van der Waals surface area contributed by atoms with Crippen LogP contribution in [0.25, 0.3) is 0 Å². The molecule has 0 aliphatic heterocycles. The summed E-state index contributed by atoms with van der Waals surface area (Å²) in [6.45, 7) is 4.16. The van der Waals surface area contributed by atoms with Gasteiger partial charge in [0, 0.05) is 25.3 Å². The Bertz CT molecular complexity index is 467. The van der Waals surface area contributed by atoms with Gasteiger partial charge in [-0.25, -0.2) is 13.6 Å². The number of benzene rings is 1. The quantitative estimate of drug-likeness (QED) is 0.723. The van der Waals surface area contributed by atoms with Crippen LogP contribution in [0.4, 0.5) is 13.6 Å². The zero-order chi connectivity index (χ0) is 15.8. The Morgan fingerprint density at radius 2 is 2.05 bits per heavy atom. The zero-order valence-electron chi connectivity index (χ0n) is 12.3. The minimum atomic E-state index is -0.620. The van der Waals surface area contributed by atoms with Crippen molar-refractivity contribution < 1.29 is 18.7 Å². The molecule has 0 saturated carbocycles. The highest BCUT2D eigenvalue weighted by molar-refractivity contribution is 5.74. The molecule has 0 aromatic heterocycles. The topological polar surface area (TPSA) is 61.4 Å². The smallest absolute Gasteiger partial charge is 0.315 e. The van der Waals surface area contributed by atoms with Crippen molar-refractivity contribution in [3.63, 3.8) is 0 Å². The molecule has 21 heavy (non-hydrogen) atoms. The fourth-order valence-electron chi connectivity index (χ4n) is 1.97. The molecule has 1 aromatic carbocycles. The van der Waals surface area contributed by atoms with Crippen LogP contribution >= 0.6 is 0 Å². The lowest BCUT2D eigenvalue weighted by Crippen LogP contribution is -2.45. The molecule has 3 N–H and O–H groups in total. The van der Waals surface area contributed by atoms with Crippen LogP contribution in [0.2, 0.25) is 0 Å².